The van der Waals surface area contributed by atoms with E-state index in [0.29, 0.717) is 17.9 Å². The average molecular weight is 192 g/mol. The summed E-state index contributed by atoms with van der Waals surface area (Å²) in [5.74, 6) is 0.760. The number of hydrogen-bond acceptors (Lipinski definition) is 2. The van der Waals surface area contributed by atoms with Crippen LogP contribution in [0.4, 0.5) is 0 Å². The smallest absolute Gasteiger partial charge is 0.130 e. The lowest BCUT2D eigenvalue weighted by atomic mass is 10.1. The molecule has 1 rings (SSSR count). The van der Waals surface area contributed by atoms with Crippen molar-refractivity contribution in [2.75, 3.05) is 6.61 Å². The van der Waals surface area contributed by atoms with Crippen LogP contribution >= 0.6 is 0 Å². The molecule has 0 bridgehead atoms. The van der Waals surface area contributed by atoms with Crippen molar-refractivity contribution in [3.63, 3.8) is 0 Å². The van der Waals surface area contributed by atoms with E-state index in [1.165, 1.54) is 0 Å². The summed E-state index contributed by atoms with van der Waals surface area (Å²) >= 11 is 0. The van der Waals surface area contributed by atoms with E-state index in [0.717, 1.165) is 12.0 Å². The van der Waals surface area contributed by atoms with Crippen molar-refractivity contribution in [3.8, 4) is 5.75 Å². The molecule has 76 valence electrons. The van der Waals surface area contributed by atoms with E-state index in [2.05, 4.69) is 0 Å². The highest BCUT2D eigenvalue weighted by Crippen LogP contribution is 2.19. The van der Waals surface area contributed by atoms with Crippen LogP contribution in [0.3, 0.4) is 0 Å². The normalized spacial score (nSPS) is 9.86. The monoisotopic (exact) mass is 192 g/mol. The van der Waals surface area contributed by atoms with Crippen LogP contribution in [-0.2, 0) is 0 Å². The Kier molecular flexibility index (Phi) is 3.51. The molecule has 0 spiro atoms. The molecular weight excluding hydrogens is 176 g/mol. The Labute approximate surface area is 84.4 Å². The zero-order valence-corrected chi connectivity index (χ0v) is 8.63. The van der Waals surface area contributed by atoms with Gasteiger partial charge < -0.3 is 10.5 Å². The quantitative estimate of drug-likeness (QED) is 0.566. The maximum Gasteiger partial charge on any atom is 0.130 e. The van der Waals surface area contributed by atoms with Gasteiger partial charge in [0, 0.05) is 0 Å². The average Bonchev–Trinajstić information content (AvgIpc) is 2.14. The number of aryl methyl sites for hydroxylation is 1. The molecule has 0 amide bonds. The van der Waals surface area contributed by atoms with Crippen molar-refractivity contribution in [3.05, 3.63) is 29.3 Å². The molecule has 1 aromatic carbocycles. The van der Waals surface area contributed by atoms with Gasteiger partial charge in [0.2, 0.25) is 0 Å². The Morgan fingerprint density at radius 2 is 2.21 bits per heavy atom. The van der Waals surface area contributed by atoms with Gasteiger partial charge in [-0.2, -0.15) is 0 Å². The molecular formula is C11H16N2O. The topological polar surface area (TPSA) is 59.1 Å². The van der Waals surface area contributed by atoms with E-state index in [1.807, 2.05) is 32.0 Å². The molecule has 3 heteroatoms. The summed E-state index contributed by atoms with van der Waals surface area (Å²) in [6.45, 7) is 4.69. The number of amidine groups is 1. The van der Waals surface area contributed by atoms with E-state index in [1.54, 1.807) is 0 Å². The molecule has 1 aromatic rings. The van der Waals surface area contributed by atoms with Crippen LogP contribution < -0.4 is 10.5 Å². The van der Waals surface area contributed by atoms with E-state index in [4.69, 9.17) is 15.9 Å². The van der Waals surface area contributed by atoms with Crippen molar-refractivity contribution in [2.24, 2.45) is 5.73 Å². The lowest BCUT2D eigenvalue weighted by molar-refractivity contribution is 0.316. The SMILES string of the molecule is CCCOc1cc(C)ccc1C(=N)N. The lowest BCUT2D eigenvalue weighted by Crippen LogP contribution is -2.13. The summed E-state index contributed by atoms with van der Waals surface area (Å²) in [4.78, 5) is 0. The Morgan fingerprint density at radius 1 is 1.50 bits per heavy atom. The van der Waals surface area contributed by atoms with Crippen LogP contribution in [0.25, 0.3) is 0 Å². The molecule has 0 fully saturated rings. The molecule has 0 radical (unpaired) electrons. The Bertz CT molecular complexity index is 334. The number of ether oxygens (including phenoxy) is 1. The maximum atomic E-state index is 7.38. The summed E-state index contributed by atoms with van der Waals surface area (Å²) in [7, 11) is 0. The van der Waals surface area contributed by atoms with Crippen molar-refractivity contribution < 1.29 is 4.74 Å². The predicted octanol–water partition coefficient (Wildman–Crippen LogP) is 2.07. The molecule has 3 N–H and O–H groups in total. The van der Waals surface area contributed by atoms with Gasteiger partial charge in [-0.15, -0.1) is 0 Å². The first kappa shape index (κ1) is 10.6. The van der Waals surface area contributed by atoms with Crippen LogP contribution in [0.5, 0.6) is 5.75 Å². The fourth-order valence-corrected chi connectivity index (χ4v) is 1.18. The van der Waals surface area contributed by atoms with Gasteiger partial charge in [0.1, 0.15) is 11.6 Å². The third kappa shape index (κ3) is 2.49. The number of benzene rings is 1. The lowest BCUT2D eigenvalue weighted by Gasteiger charge is -2.10. The third-order valence-electron chi connectivity index (χ3n) is 1.89. The Balaban J connectivity index is 2.97. The van der Waals surface area contributed by atoms with Crippen molar-refractivity contribution in [1.82, 2.24) is 0 Å². The first-order valence-electron chi connectivity index (χ1n) is 4.73. The minimum atomic E-state index is 0.0519. The van der Waals surface area contributed by atoms with Crippen molar-refractivity contribution in [2.45, 2.75) is 20.3 Å². The summed E-state index contributed by atoms with van der Waals surface area (Å²) in [6.07, 6.45) is 0.950. The van der Waals surface area contributed by atoms with Crippen molar-refractivity contribution >= 4 is 5.84 Å². The van der Waals surface area contributed by atoms with Gasteiger partial charge in [-0.1, -0.05) is 13.0 Å². The molecule has 0 saturated heterocycles. The molecule has 0 aliphatic rings. The standard InChI is InChI=1S/C11H16N2O/c1-3-6-14-10-7-8(2)4-5-9(10)11(12)13/h4-5,7H,3,6H2,1-2H3,(H3,12,13). The van der Waals surface area contributed by atoms with Gasteiger partial charge in [0.25, 0.3) is 0 Å². The van der Waals surface area contributed by atoms with Gasteiger partial charge in [-0.25, -0.2) is 0 Å². The summed E-state index contributed by atoms with van der Waals surface area (Å²) in [5, 5.41) is 7.38. The van der Waals surface area contributed by atoms with Crippen LogP contribution in [0.15, 0.2) is 18.2 Å². The van der Waals surface area contributed by atoms with Gasteiger partial charge in [-0.3, -0.25) is 5.41 Å². The van der Waals surface area contributed by atoms with Gasteiger partial charge in [0.05, 0.1) is 12.2 Å². The second-order valence-corrected chi connectivity index (χ2v) is 3.26. The summed E-state index contributed by atoms with van der Waals surface area (Å²) in [6, 6.07) is 5.66. The van der Waals surface area contributed by atoms with Crippen LogP contribution in [0.1, 0.15) is 24.5 Å². The highest BCUT2D eigenvalue weighted by atomic mass is 16.5. The fraction of sp³-hybridized carbons (Fsp3) is 0.364. The third-order valence-corrected chi connectivity index (χ3v) is 1.89. The zero-order valence-electron chi connectivity index (χ0n) is 8.63. The molecule has 0 heterocycles. The molecule has 0 aliphatic heterocycles. The largest absolute Gasteiger partial charge is 0.493 e. The molecule has 14 heavy (non-hydrogen) atoms. The summed E-state index contributed by atoms with van der Waals surface area (Å²) in [5.41, 5.74) is 7.22. The number of nitrogens with one attached hydrogen (secondary N) is 1. The van der Waals surface area contributed by atoms with E-state index in [-0.39, 0.29) is 5.84 Å². The minimum Gasteiger partial charge on any atom is -0.493 e. The predicted molar refractivity (Wildman–Crippen MR) is 58.0 cm³/mol. The first-order chi connectivity index (χ1) is 6.65. The Hall–Kier alpha value is -1.51. The highest BCUT2D eigenvalue weighted by molar-refractivity contribution is 5.97. The van der Waals surface area contributed by atoms with Crippen LogP contribution in [0.2, 0.25) is 0 Å². The number of nitrogens with two attached hydrogens (primary N) is 1. The second kappa shape index (κ2) is 4.65. The molecule has 0 unspecified atom stereocenters. The second-order valence-electron chi connectivity index (χ2n) is 3.26. The first-order valence-corrected chi connectivity index (χ1v) is 4.73. The molecule has 0 atom stereocenters. The number of rotatable bonds is 4. The van der Waals surface area contributed by atoms with E-state index >= 15 is 0 Å². The molecule has 3 nitrogen and oxygen atoms in total. The maximum absolute atomic E-state index is 7.38. The highest BCUT2D eigenvalue weighted by Gasteiger charge is 2.05. The van der Waals surface area contributed by atoms with Crippen LogP contribution in [0, 0.1) is 12.3 Å². The minimum absolute atomic E-state index is 0.0519. The molecule has 0 saturated carbocycles. The van der Waals surface area contributed by atoms with Gasteiger partial charge >= 0.3 is 0 Å². The molecule has 0 aliphatic carbocycles. The van der Waals surface area contributed by atoms with Crippen LogP contribution in [-0.4, -0.2) is 12.4 Å². The van der Waals surface area contributed by atoms with Gasteiger partial charge in [-0.05, 0) is 31.0 Å². The van der Waals surface area contributed by atoms with E-state index < -0.39 is 0 Å². The molecule has 0 aromatic heterocycles. The van der Waals surface area contributed by atoms with E-state index in [9.17, 15) is 0 Å². The van der Waals surface area contributed by atoms with Gasteiger partial charge in [0.15, 0.2) is 0 Å². The summed E-state index contributed by atoms with van der Waals surface area (Å²) < 4.78 is 5.51. The zero-order chi connectivity index (χ0) is 10.6. The fourth-order valence-electron chi connectivity index (χ4n) is 1.18. The number of hydrogen-bond donors (Lipinski definition) is 2. The Morgan fingerprint density at radius 3 is 2.79 bits per heavy atom. The van der Waals surface area contributed by atoms with Crippen molar-refractivity contribution in [1.29, 1.82) is 5.41 Å². The number of nitrogen functional groups attached to an aromatic ring is 1.